The second-order valence-corrected chi connectivity index (χ2v) is 7.32. The number of hydrogen-bond donors (Lipinski definition) is 1. The van der Waals surface area contributed by atoms with E-state index in [9.17, 15) is 0 Å². The van der Waals surface area contributed by atoms with E-state index in [2.05, 4.69) is 25.8 Å². The number of likely N-dealkylation sites (N-methyl/N-ethyl adjacent to an activating group) is 1. The van der Waals surface area contributed by atoms with Crippen molar-refractivity contribution in [1.29, 1.82) is 0 Å². The summed E-state index contributed by atoms with van der Waals surface area (Å²) in [5.74, 6) is 0.955. The Bertz CT molecular complexity index is 244. The minimum absolute atomic E-state index is 0.313. The topological polar surface area (TPSA) is 29.3 Å². The first-order valence-electron chi connectivity index (χ1n) is 9.59. The molecule has 2 nitrogen and oxygen atoms in total. The third kappa shape index (κ3) is 6.28. The predicted octanol–water partition coefficient (Wildman–Crippen LogP) is 4.97. The molecule has 0 aromatic heterocycles. The van der Waals surface area contributed by atoms with Crippen LogP contribution in [0.15, 0.2) is 0 Å². The number of nitrogens with zero attached hydrogens (tertiary/aromatic N) is 1. The smallest absolute Gasteiger partial charge is 0.0328 e. The van der Waals surface area contributed by atoms with Crippen LogP contribution in [0.2, 0.25) is 0 Å². The van der Waals surface area contributed by atoms with Gasteiger partial charge in [0.05, 0.1) is 0 Å². The third-order valence-corrected chi connectivity index (χ3v) is 5.90. The molecule has 0 unspecified atom stereocenters. The summed E-state index contributed by atoms with van der Waals surface area (Å²) in [6, 6.07) is 0. The van der Waals surface area contributed by atoms with Gasteiger partial charge in [0, 0.05) is 12.1 Å². The van der Waals surface area contributed by atoms with Crippen LogP contribution in [0.5, 0.6) is 0 Å². The fourth-order valence-electron chi connectivity index (χ4n) is 3.91. The number of hydrogen-bond acceptors (Lipinski definition) is 2. The van der Waals surface area contributed by atoms with Crippen molar-refractivity contribution in [2.24, 2.45) is 11.7 Å². The van der Waals surface area contributed by atoms with E-state index in [1.807, 2.05) is 0 Å². The lowest BCUT2D eigenvalue weighted by atomic mass is 9.74. The Hall–Kier alpha value is -0.0800. The quantitative estimate of drug-likeness (QED) is 0.546. The molecule has 0 radical (unpaired) electrons. The van der Waals surface area contributed by atoms with Gasteiger partial charge in [-0.05, 0) is 51.6 Å². The third-order valence-electron chi connectivity index (χ3n) is 5.90. The molecule has 21 heavy (non-hydrogen) atoms. The molecule has 1 aliphatic carbocycles. The first kappa shape index (κ1) is 19.0. The molecule has 1 saturated carbocycles. The molecule has 0 atom stereocenters. The molecule has 0 bridgehead atoms. The van der Waals surface area contributed by atoms with Crippen molar-refractivity contribution >= 4 is 0 Å². The van der Waals surface area contributed by atoms with E-state index < -0.39 is 0 Å². The molecule has 0 amide bonds. The molecule has 1 aliphatic rings. The largest absolute Gasteiger partial charge is 0.329 e. The molecule has 0 heterocycles. The van der Waals surface area contributed by atoms with Crippen LogP contribution in [-0.4, -0.2) is 30.6 Å². The van der Waals surface area contributed by atoms with Crippen molar-refractivity contribution in [3.05, 3.63) is 0 Å². The summed E-state index contributed by atoms with van der Waals surface area (Å²) in [7, 11) is 2.32. The molecular formula is C19H40N2. The van der Waals surface area contributed by atoms with Crippen LogP contribution in [0.1, 0.15) is 90.9 Å². The number of nitrogens with two attached hydrogens (primary N) is 1. The van der Waals surface area contributed by atoms with Crippen LogP contribution in [0, 0.1) is 5.92 Å². The Morgan fingerprint density at radius 3 is 2.05 bits per heavy atom. The van der Waals surface area contributed by atoms with Crippen molar-refractivity contribution in [2.75, 3.05) is 20.1 Å². The monoisotopic (exact) mass is 296 g/mol. The lowest BCUT2D eigenvalue weighted by molar-refractivity contribution is 0.0626. The maximum absolute atomic E-state index is 6.17. The Labute approximate surface area is 133 Å². The summed E-state index contributed by atoms with van der Waals surface area (Å²) in [6.07, 6.45) is 16.5. The van der Waals surface area contributed by atoms with Crippen LogP contribution in [-0.2, 0) is 0 Å². The first-order chi connectivity index (χ1) is 10.2. The zero-order valence-corrected chi connectivity index (χ0v) is 15.0. The summed E-state index contributed by atoms with van der Waals surface area (Å²) in [6.45, 7) is 6.70. The van der Waals surface area contributed by atoms with Gasteiger partial charge in [-0.15, -0.1) is 0 Å². The second-order valence-electron chi connectivity index (χ2n) is 7.32. The van der Waals surface area contributed by atoms with E-state index >= 15 is 0 Å². The van der Waals surface area contributed by atoms with Gasteiger partial charge in [-0.3, -0.25) is 4.90 Å². The Morgan fingerprint density at radius 2 is 1.52 bits per heavy atom. The summed E-state index contributed by atoms with van der Waals surface area (Å²) in [5, 5.41) is 0. The fraction of sp³-hybridized carbons (Fsp3) is 1.00. The Morgan fingerprint density at radius 1 is 0.952 bits per heavy atom. The number of rotatable bonds is 11. The average molecular weight is 297 g/mol. The van der Waals surface area contributed by atoms with E-state index in [4.69, 9.17) is 5.73 Å². The molecule has 2 N–H and O–H groups in total. The van der Waals surface area contributed by atoms with Crippen LogP contribution < -0.4 is 5.73 Å². The molecule has 0 aliphatic heterocycles. The van der Waals surface area contributed by atoms with Crippen molar-refractivity contribution in [1.82, 2.24) is 4.90 Å². The summed E-state index contributed by atoms with van der Waals surface area (Å²) in [4.78, 5) is 2.60. The highest BCUT2D eigenvalue weighted by molar-refractivity contribution is 4.94. The lowest BCUT2D eigenvalue weighted by Gasteiger charge is -2.46. The molecule has 1 fully saturated rings. The van der Waals surface area contributed by atoms with Crippen molar-refractivity contribution in [3.63, 3.8) is 0 Å². The first-order valence-corrected chi connectivity index (χ1v) is 9.59. The van der Waals surface area contributed by atoms with E-state index in [1.165, 1.54) is 83.6 Å². The van der Waals surface area contributed by atoms with Gasteiger partial charge in [0.15, 0.2) is 0 Å². The van der Waals surface area contributed by atoms with Gasteiger partial charge >= 0.3 is 0 Å². The van der Waals surface area contributed by atoms with Gasteiger partial charge in [0.1, 0.15) is 0 Å². The fourth-order valence-corrected chi connectivity index (χ4v) is 3.91. The van der Waals surface area contributed by atoms with Crippen molar-refractivity contribution in [2.45, 2.75) is 96.4 Å². The van der Waals surface area contributed by atoms with Gasteiger partial charge in [-0.25, -0.2) is 0 Å². The molecule has 2 heteroatoms. The summed E-state index contributed by atoms with van der Waals surface area (Å²) < 4.78 is 0. The maximum Gasteiger partial charge on any atom is 0.0328 e. The number of unbranched alkanes of at least 4 members (excludes halogenated alkanes) is 6. The molecular weight excluding hydrogens is 256 g/mol. The molecule has 0 aromatic carbocycles. The Kier molecular flexibility index (Phi) is 9.59. The molecule has 0 saturated heterocycles. The zero-order valence-electron chi connectivity index (χ0n) is 15.0. The highest BCUT2D eigenvalue weighted by Gasteiger charge is 2.36. The van der Waals surface area contributed by atoms with Gasteiger partial charge in [0.25, 0.3) is 0 Å². The average Bonchev–Trinajstić information content (AvgIpc) is 2.53. The molecule has 1 rings (SSSR count). The minimum Gasteiger partial charge on any atom is -0.329 e. The van der Waals surface area contributed by atoms with Crippen LogP contribution >= 0.6 is 0 Å². The van der Waals surface area contributed by atoms with E-state index in [0.29, 0.717) is 5.54 Å². The van der Waals surface area contributed by atoms with E-state index in [1.54, 1.807) is 0 Å². The SMILES string of the molecule is CCCCCCCCCN(C)C1(CN)CCC(CC)CC1. The van der Waals surface area contributed by atoms with Crippen molar-refractivity contribution < 1.29 is 0 Å². The normalized spacial score (nSPS) is 26.4. The summed E-state index contributed by atoms with van der Waals surface area (Å²) >= 11 is 0. The van der Waals surface area contributed by atoms with Crippen LogP contribution in [0.3, 0.4) is 0 Å². The van der Waals surface area contributed by atoms with Crippen LogP contribution in [0.4, 0.5) is 0 Å². The van der Waals surface area contributed by atoms with E-state index in [-0.39, 0.29) is 0 Å². The van der Waals surface area contributed by atoms with Gasteiger partial charge in [-0.2, -0.15) is 0 Å². The molecule has 0 aromatic rings. The van der Waals surface area contributed by atoms with Crippen LogP contribution in [0.25, 0.3) is 0 Å². The molecule has 0 spiro atoms. The molecule has 126 valence electrons. The minimum atomic E-state index is 0.313. The maximum atomic E-state index is 6.17. The predicted molar refractivity (Wildman–Crippen MR) is 94.7 cm³/mol. The van der Waals surface area contributed by atoms with Gasteiger partial charge in [0.2, 0.25) is 0 Å². The highest BCUT2D eigenvalue weighted by atomic mass is 15.2. The Balaban J connectivity index is 2.21. The second kappa shape index (κ2) is 10.6. The van der Waals surface area contributed by atoms with Crippen molar-refractivity contribution in [3.8, 4) is 0 Å². The van der Waals surface area contributed by atoms with Gasteiger partial charge in [-0.1, -0.05) is 58.8 Å². The highest BCUT2D eigenvalue weighted by Crippen LogP contribution is 2.36. The zero-order chi connectivity index (χ0) is 15.6. The van der Waals surface area contributed by atoms with E-state index in [0.717, 1.165) is 12.5 Å². The lowest BCUT2D eigenvalue weighted by Crippen LogP contribution is -2.54. The summed E-state index contributed by atoms with van der Waals surface area (Å²) in [5.41, 5.74) is 6.48. The standard InChI is InChI=1S/C19H40N2/c1-4-6-7-8-9-10-11-16-21(3)19(17-20)14-12-18(5-2)13-15-19/h18H,4-17,20H2,1-3H3. The van der Waals surface area contributed by atoms with Gasteiger partial charge < -0.3 is 5.73 Å².